The number of hydrogen-bond acceptors (Lipinski definition) is 1. The quantitative estimate of drug-likeness (QED) is 0.582. The van der Waals surface area contributed by atoms with E-state index in [0.717, 1.165) is 29.7 Å². The fraction of sp³-hybridized carbons (Fsp3) is 0.538. The predicted molar refractivity (Wildman–Crippen MR) is 63.3 cm³/mol. The second-order valence-electron chi connectivity index (χ2n) is 3.95. The molecule has 0 aromatic heterocycles. The van der Waals surface area contributed by atoms with Crippen LogP contribution in [0.25, 0.3) is 0 Å². The Bertz CT molecular complexity index is 272. The number of hydrogen-bond donors (Lipinski definition) is 1. The van der Waals surface area contributed by atoms with Gasteiger partial charge < -0.3 is 5.11 Å². The van der Waals surface area contributed by atoms with Crippen LogP contribution in [-0.2, 0) is 0 Å². The van der Waals surface area contributed by atoms with E-state index in [-0.39, 0.29) is 0 Å². The molecule has 1 atom stereocenters. The molecule has 0 aliphatic carbocycles. The van der Waals surface area contributed by atoms with Gasteiger partial charge in [-0.25, -0.2) is 0 Å². The number of nitrogens with zero attached hydrogens (tertiary/aromatic N) is 1. The van der Waals surface area contributed by atoms with Crippen LogP contribution in [0.15, 0.2) is 30.3 Å². The van der Waals surface area contributed by atoms with Crippen LogP contribution in [0, 0.1) is 0 Å². The highest BCUT2D eigenvalue weighted by molar-refractivity contribution is 5.15. The van der Waals surface area contributed by atoms with Crippen LogP contribution in [0.3, 0.4) is 0 Å². The van der Waals surface area contributed by atoms with Crippen molar-refractivity contribution in [3.05, 3.63) is 35.9 Å². The fourth-order valence-corrected chi connectivity index (χ4v) is 2.13. The molecule has 0 fully saturated rings. The maximum absolute atomic E-state index is 10.4. The van der Waals surface area contributed by atoms with Crippen LogP contribution in [0.1, 0.15) is 32.6 Å². The molecule has 0 aliphatic rings. The van der Waals surface area contributed by atoms with Crippen molar-refractivity contribution in [2.45, 2.75) is 27.0 Å². The smallest absolute Gasteiger partial charge is 0.217 e. The first-order valence-electron chi connectivity index (χ1n) is 5.79. The monoisotopic (exact) mass is 208 g/mol. The molecule has 1 unspecified atom stereocenters. The zero-order valence-corrected chi connectivity index (χ0v) is 9.98. The number of rotatable bonds is 5. The van der Waals surface area contributed by atoms with E-state index in [4.69, 9.17) is 0 Å². The molecule has 1 aromatic carbocycles. The van der Waals surface area contributed by atoms with Gasteiger partial charge in [-0.1, -0.05) is 30.3 Å². The molecule has 1 N–H and O–H groups in total. The van der Waals surface area contributed by atoms with Crippen LogP contribution in [-0.4, -0.2) is 29.2 Å². The van der Waals surface area contributed by atoms with Crippen LogP contribution in [0.2, 0.25) is 0 Å². The van der Waals surface area contributed by atoms with E-state index in [0.29, 0.717) is 0 Å². The first-order chi connectivity index (χ1) is 7.20. The Morgan fingerprint density at radius 3 is 1.87 bits per heavy atom. The Morgan fingerprint density at radius 1 is 1.00 bits per heavy atom. The summed E-state index contributed by atoms with van der Waals surface area (Å²) in [5.74, 6) is 0. The Hall–Kier alpha value is -0.860. The maximum Gasteiger partial charge on any atom is 0.217 e. The van der Waals surface area contributed by atoms with Gasteiger partial charge in [0.2, 0.25) is 6.23 Å². The summed E-state index contributed by atoms with van der Waals surface area (Å²) in [4.78, 5) is 0. The third-order valence-electron chi connectivity index (χ3n) is 3.51. The Labute approximate surface area is 92.8 Å². The number of quaternary nitrogens is 1. The van der Waals surface area contributed by atoms with Crippen LogP contribution in [0.5, 0.6) is 0 Å². The molecule has 0 bridgehead atoms. The van der Waals surface area contributed by atoms with Gasteiger partial charge in [-0.3, -0.25) is 4.48 Å². The largest absolute Gasteiger partial charge is 0.341 e. The van der Waals surface area contributed by atoms with Crippen molar-refractivity contribution in [2.75, 3.05) is 19.6 Å². The van der Waals surface area contributed by atoms with E-state index in [2.05, 4.69) is 20.8 Å². The van der Waals surface area contributed by atoms with Gasteiger partial charge in [-0.2, -0.15) is 0 Å². The lowest BCUT2D eigenvalue weighted by Crippen LogP contribution is -2.50. The lowest BCUT2D eigenvalue weighted by molar-refractivity contribution is -0.973. The van der Waals surface area contributed by atoms with Gasteiger partial charge in [0.05, 0.1) is 19.6 Å². The summed E-state index contributed by atoms with van der Waals surface area (Å²) < 4.78 is 0.740. The SMILES string of the molecule is CC[N+](CC)(CC)C(O)c1ccccc1. The molecule has 0 spiro atoms. The second kappa shape index (κ2) is 5.29. The van der Waals surface area contributed by atoms with Crippen molar-refractivity contribution >= 4 is 0 Å². The molecule has 0 heterocycles. The predicted octanol–water partition coefficient (Wildman–Crippen LogP) is 2.55. The minimum atomic E-state index is -0.397. The van der Waals surface area contributed by atoms with Gasteiger partial charge in [0.15, 0.2) is 0 Å². The number of aliphatic hydroxyl groups excluding tert-OH is 1. The van der Waals surface area contributed by atoms with Crippen molar-refractivity contribution in [2.24, 2.45) is 0 Å². The summed E-state index contributed by atoms with van der Waals surface area (Å²) in [6, 6.07) is 9.94. The molecule has 2 heteroatoms. The Kier molecular flexibility index (Phi) is 4.30. The molecular formula is C13H22NO+. The van der Waals surface area contributed by atoms with Gasteiger partial charge in [-0.15, -0.1) is 0 Å². The van der Waals surface area contributed by atoms with Gasteiger partial charge in [0, 0.05) is 5.56 Å². The molecule has 0 saturated carbocycles. The molecule has 15 heavy (non-hydrogen) atoms. The first-order valence-corrected chi connectivity index (χ1v) is 5.79. The molecule has 0 saturated heterocycles. The number of benzene rings is 1. The lowest BCUT2D eigenvalue weighted by Gasteiger charge is -2.40. The van der Waals surface area contributed by atoms with Gasteiger partial charge in [0.25, 0.3) is 0 Å². The Balaban J connectivity index is 2.95. The maximum atomic E-state index is 10.4. The molecule has 2 nitrogen and oxygen atoms in total. The molecule has 84 valence electrons. The fourth-order valence-electron chi connectivity index (χ4n) is 2.13. The minimum Gasteiger partial charge on any atom is -0.341 e. The van der Waals surface area contributed by atoms with E-state index < -0.39 is 6.23 Å². The summed E-state index contributed by atoms with van der Waals surface area (Å²) in [6.07, 6.45) is -0.397. The second-order valence-corrected chi connectivity index (χ2v) is 3.95. The van der Waals surface area contributed by atoms with Crippen molar-refractivity contribution in [3.8, 4) is 0 Å². The average Bonchev–Trinajstić information content (AvgIpc) is 2.33. The molecule has 1 aromatic rings. The molecule has 0 amide bonds. The van der Waals surface area contributed by atoms with Crippen LogP contribution < -0.4 is 0 Å². The van der Waals surface area contributed by atoms with E-state index in [1.807, 2.05) is 30.3 Å². The zero-order valence-electron chi connectivity index (χ0n) is 9.98. The van der Waals surface area contributed by atoms with Gasteiger partial charge in [0.1, 0.15) is 0 Å². The lowest BCUT2D eigenvalue weighted by atomic mass is 10.1. The Morgan fingerprint density at radius 2 is 1.47 bits per heavy atom. The van der Waals surface area contributed by atoms with Crippen molar-refractivity contribution in [1.82, 2.24) is 0 Å². The highest BCUT2D eigenvalue weighted by Gasteiger charge is 2.31. The topological polar surface area (TPSA) is 20.2 Å². The average molecular weight is 208 g/mol. The summed E-state index contributed by atoms with van der Waals surface area (Å²) >= 11 is 0. The van der Waals surface area contributed by atoms with Gasteiger partial charge in [-0.05, 0) is 20.8 Å². The molecule has 1 rings (SSSR count). The third kappa shape index (κ3) is 2.39. The highest BCUT2D eigenvalue weighted by atomic mass is 16.3. The highest BCUT2D eigenvalue weighted by Crippen LogP contribution is 2.25. The normalized spacial score (nSPS) is 13.9. The van der Waals surface area contributed by atoms with Crippen LogP contribution in [0.4, 0.5) is 0 Å². The first kappa shape index (κ1) is 12.2. The van der Waals surface area contributed by atoms with E-state index in [1.165, 1.54) is 0 Å². The van der Waals surface area contributed by atoms with E-state index in [1.54, 1.807) is 0 Å². The molecule has 0 radical (unpaired) electrons. The summed E-state index contributed by atoms with van der Waals surface area (Å²) in [6.45, 7) is 9.30. The zero-order chi connectivity index (χ0) is 11.3. The minimum absolute atomic E-state index is 0.397. The summed E-state index contributed by atoms with van der Waals surface area (Å²) in [5, 5.41) is 10.4. The van der Waals surface area contributed by atoms with Crippen molar-refractivity contribution < 1.29 is 9.59 Å². The van der Waals surface area contributed by atoms with Crippen molar-refractivity contribution in [1.29, 1.82) is 0 Å². The van der Waals surface area contributed by atoms with Crippen LogP contribution >= 0.6 is 0 Å². The summed E-state index contributed by atoms with van der Waals surface area (Å²) in [7, 11) is 0. The molecular weight excluding hydrogens is 186 g/mol. The third-order valence-corrected chi connectivity index (χ3v) is 3.51. The van der Waals surface area contributed by atoms with Gasteiger partial charge >= 0.3 is 0 Å². The van der Waals surface area contributed by atoms with E-state index >= 15 is 0 Å². The molecule has 0 aliphatic heterocycles. The number of aliphatic hydroxyl groups is 1. The standard InChI is InChI=1S/C13H22NO/c1-4-14(5-2,6-3)13(15)12-10-8-7-9-11-12/h7-11,13,15H,4-6H2,1-3H3/q+1. The summed E-state index contributed by atoms with van der Waals surface area (Å²) in [5.41, 5.74) is 1.02. The van der Waals surface area contributed by atoms with E-state index in [9.17, 15) is 5.11 Å². The van der Waals surface area contributed by atoms with Crippen molar-refractivity contribution in [3.63, 3.8) is 0 Å².